The van der Waals surface area contributed by atoms with Crippen molar-refractivity contribution in [3.05, 3.63) is 45.4 Å². The van der Waals surface area contributed by atoms with Gasteiger partial charge in [-0.2, -0.15) is 5.26 Å². The molecular formula is C19H21N3O3S. The molecule has 2 heterocycles. The highest BCUT2D eigenvalue weighted by Crippen LogP contribution is 2.30. The van der Waals surface area contributed by atoms with Crippen molar-refractivity contribution in [2.75, 3.05) is 7.11 Å². The number of thioether (sulfide) groups is 1. The number of nitriles is 1. The second-order valence-corrected chi connectivity index (χ2v) is 7.44. The lowest BCUT2D eigenvalue weighted by Crippen LogP contribution is -2.16. The van der Waals surface area contributed by atoms with Crippen LogP contribution in [-0.2, 0) is 4.74 Å². The van der Waals surface area contributed by atoms with Crippen LogP contribution in [0.5, 0.6) is 0 Å². The van der Waals surface area contributed by atoms with E-state index >= 15 is 0 Å². The lowest BCUT2D eigenvalue weighted by molar-refractivity contribution is 0.0599. The van der Waals surface area contributed by atoms with Gasteiger partial charge in [-0.25, -0.2) is 9.78 Å². The maximum Gasteiger partial charge on any atom is 0.339 e. The second-order valence-electron chi connectivity index (χ2n) is 6.11. The van der Waals surface area contributed by atoms with Gasteiger partial charge in [0.2, 0.25) is 0 Å². The van der Waals surface area contributed by atoms with Gasteiger partial charge in [-0.15, -0.1) is 0 Å². The molecule has 26 heavy (non-hydrogen) atoms. The van der Waals surface area contributed by atoms with E-state index in [1.807, 2.05) is 19.9 Å². The number of Topliss-reactive ketones (excluding diaryl/α,β-unsaturated/α-hetero) is 1. The fraction of sp³-hybridized carbons (Fsp3) is 0.368. The van der Waals surface area contributed by atoms with Gasteiger partial charge in [0, 0.05) is 11.4 Å². The lowest BCUT2D eigenvalue weighted by atomic mass is 10.1. The number of nitrogens with one attached hydrogen (secondary N) is 1. The first-order valence-corrected chi connectivity index (χ1v) is 8.95. The molecule has 6 nitrogen and oxygen atoms in total. The van der Waals surface area contributed by atoms with E-state index in [2.05, 4.69) is 16.0 Å². The van der Waals surface area contributed by atoms with Gasteiger partial charge in [0.25, 0.3) is 0 Å². The number of pyridine rings is 1. The number of methoxy groups -OCH3 is 1. The standard InChI is InChI=1S/C19H21N3O3S/c1-9-7-10(2)21-18(14(9)8-20)26-13(5)17(23)16-11(3)15(12(4)22-16)19(24)25-6/h7,13,22H,1-6H3. The Morgan fingerprint density at radius 1 is 1.31 bits per heavy atom. The molecule has 7 heteroatoms. The average molecular weight is 371 g/mol. The Balaban J connectivity index is 2.35. The Hall–Kier alpha value is -2.59. The van der Waals surface area contributed by atoms with Crippen molar-refractivity contribution in [3.63, 3.8) is 0 Å². The van der Waals surface area contributed by atoms with Crippen LogP contribution >= 0.6 is 11.8 Å². The number of hydrogen-bond donors (Lipinski definition) is 1. The zero-order valence-corrected chi connectivity index (χ0v) is 16.5. The van der Waals surface area contributed by atoms with Gasteiger partial charge in [0.15, 0.2) is 5.78 Å². The molecule has 2 aromatic heterocycles. The van der Waals surface area contributed by atoms with Gasteiger partial charge in [-0.3, -0.25) is 4.79 Å². The second kappa shape index (κ2) is 7.75. The Kier molecular flexibility index (Phi) is 5.88. The normalized spacial score (nSPS) is 11.7. The van der Waals surface area contributed by atoms with E-state index in [0.717, 1.165) is 11.3 Å². The highest BCUT2D eigenvalue weighted by atomic mass is 32.2. The molecule has 0 radical (unpaired) electrons. The van der Waals surface area contributed by atoms with E-state index in [1.165, 1.54) is 18.9 Å². The molecule has 0 aromatic carbocycles. The first-order valence-electron chi connectivity index (χ1n) is 8.07. The van der Waals surface area contributed by atoms with E-state index in [9.17, 15) is 14.9 Å². The van der Waals surface area contributed by atoms with Crippen LogP contribution in [0.15, 0.2) is 11.1 Å². The third-order valence-electron chi connectivity index (χ3n) is 4.15. The predicted octanol–water partition coefficient (Wildman–Crippen LogP) is 3.67. The van der Waals surface area contributed by atoms with Gasteiger partial charge >= 0.3 is 5.97 Å². The highest BCUT2D eigenvalue weighted by Gasteiger charge is 2.27. The molecule has 0 spiro atoms. The van der Waals surface area contributed by atoms with Crippen molar-refractivity contribution >= 4 is 23.5 Å². The van der Waals surface area contributed by atoms with Crippen LogP contribution in [0.2, 0.25) is 0 Å². The minimum Gasteiger partial charge on any atom is -0.465 e. The van der Waals surface area contributed by atoms with E-state index < -0.39 is 11.2 Å². The maximum absolute atomic E-state index is 12.9. The number of H-pyrrole nitrogens is 1. The zero-order valence-electron chi connectivity index (χ0n) is 15.7. The molecule has 0 aliphatic rings. The SMILES string of the molecule is COC(=O)c1c(C)[nH]c(C(=O)C(C)Sc2nc(C)cc(C)c2C#N)c1C. The molecule has 136 valence electrons. The molecular weight excluding hydrogens is 350 g/mol. The average Bonchev–Trinajstić information content (AvgIpc) is 2.87. The number of ketones is 1. The number of ether oxygens (including phenoxy) is 1. The number of aromatic amines is 1. The van der Waals surface area contributed by atoms with Crippen LogP contribution in [0.4, 0.5) is 0 Å². The van der Waals surface area contributed by atoms with Gasteiger partial charge < -0.3 is 9.72 Å². The van der Waals surface area contributed by atoms with Crippen molar-refractivity contribution in [1.29, 1.82) is 5.26 Å². The number of nitrogens with zero attached hydrogens (tertiary/aromatic N) is 2. The largest absolute Gasteiger partial charge is 0.465 e. The fourth-order valence-electron chi connectivity index (χ4n) is 2.85. The summed E-state index contributed by atoms with van der Waals surface area (Å²) < 4.78 is 4.78. The quantitative estimate of drug-likeness (QED) is 0.489. The Morgan fingerprint density at radius 2 is 1.96 bits per heavy atom. The molecule has 1 unspecified atom stereocenters. The summed E-state index contributed by atoms with van der Waals surface area (Å²) in [6.45, 7) is 8.92. The van der Waals surface area contributed by atoms with Gasteiger partial charge in [-0.1, -0.05) is 11.8 Å². The Morgan fingerprint density at radius 3 is 2.54 bits per heavy atom. The molecule has 1 N–H and O–H groups in total. The van der Waals surface area contributed by atoms with Gasteiger partial charge in [0.05, 0.1) is 29.2 Å². The van der Waals surface area contributed by atoms with Crippen LogP contribution in [-0.4, -0.2) is 34.1 Å². The Labute approximate surface area is 157 Å². The van der Waals surface area contributed by atoms with E-state index in [1.54, 1.807) is 20.8 Å². The molecule has 0 saturated carbocycles. The van der Waals surface area contributed by atoms with E-state index in [4.69, 9.17) is 4.74 Å². The summed E-state index contributed by atoms with van der Waals surface area (Å²) in [5.74, 6) is -0.631. The number of hydrogen-bond acceptors (Lipinski definition) is 6. The molecule has 0 aliphatic carbocycles. The van der Waals surface area contributed by atoms with Crippen LogP contribution in [0.3, 0.4) is 0 Å². The van der Waals surface area contributed by atoms with Crippen molar-refractivity contribution in [1.82, 2.24) is 9.97 Å². The fourth-order valence-corrected chi connectivity index (χ4v) is 3.93. The van der Waals surface area contributed by atoms with Crippen molar-refractivity contribution < 1.29 is 14.3 Å². The van der Waals surface area contributed by atoms with Crippen LogP contribution < -0.4 is 0 Å². The molecule has 1 atom stereocenters. The number of rotatable bonds is 5. The number of esters is 1. The van der Waals surface area contributed by atoms with Crippen molar-refractivity contribution in [2.45, 2.75) is 44.9 Å². The summed E-state index contributed by atoms with van der Waals surface area (Å²) in [5, 5.41) is 9.45. The first-order chi connectivity index (χ1) is 12.2. The minimum absolute atomic E-state index is 0.157. The predicted molar refractivity (Wildman–Crippen MR) is 99.7 cm³/mol. The molecule has 2 rings (SSSR count). The number of aryl methyl sites for hydroxylation is 3. The smallest absolute Gasteiger partial charge is 0.339 e. The summed E-state index contributed by atoms with van der Waals surface area (Å²) in [4.78, 5) is 32.2. The van der Waals surface area contributed by atoms with Gasteiger partial charge in [-0.05, 0) is 51.8 Å². The third-order valence-corrected chi connectivity index (χ3v) is 5.24. The first kappa shape index (κ1) is 19.7. The summed E-state index contributed by atoms with van der Waals surface area (Å²) in [5.41, 5.74) is 4.04. The molecule has 0 amide bonds. The molecule has 2 aromatic rings. The number of aromatic nitrogens is 2. The van der Waals surface area contributed by atoms with Crippen LogP contribution in [0.1, 0.15) is 55.8 Å². The summed E-state index contributed by atoms with van der Waals surface area (Å²) in [6.07, 6.45) is 0. The van der Waals surface area contributed by atoms with Crippen LogP contribution in [0, 0.1) is 39.0 Å². The number of carbonyl (C=O) groups is 2. The van der Waals surface area contributed by atoms with Crippen LogP contribution in [0.25, 0.3) is 0 Å². The summed E-state index contributed by atoms with van der Waals surface area (Å²) in [7, 11) is 1.31. The van der Waals surface area contributed by atoms with E-state index in [-0.39, 0.29) is 5.78 Å². The lowest BCUT2D eigenvalue weighted by Gasteiger charge is -2.12. The molecule has 0 saturated heterocycles. The summed E-state index contributed by atoms with van der Waals surface area (Å²) in [6, 6.07) is 4.00. The Bertz CT molecular complexity index is 925. The highest BCUT2D eigenvalue weighted by molar-refractivity contribution is 8.00. The number of carbonyl (C=O) groups excluding carboxylic acids is 2. The van der Waals surface area contributed by atoms with Crippen molar-refractivity contribution in [2.24, 2.45) is 0 Å². The van der Waals surface area contributed by atoms with Crippen molar-refractivity contribution in [3.8, 4) is 6.07 Å². The van der Waals surface area contributed by atoms with Gasteiger partial charge in [0.1, 0.15) is 11.1 Å². The molecule has 0 fully saturated rings. The monoisotopic (exact) mass is 371 g/mol. The molecule has 0 aliphatic heterocycles. The minimum atomic E-state index is -0.474. The third kappa shape index (κ3) is 3.65. The van der Waals surface area contributed by atoms with E-state index in [0.29, 0.717) is 33.1 Å². The zero-order chi connectivity index (χ0) is 19.6. The molecule has 0 bridgehead atoms. The summed E-state index contributed by atoms with van der Waals surface area (Å²) >= 11 is 1.24. The topological polar surface area (TPSA) is 95.8 Å². The maximum atomic E-state index is 12.9.